The van der Waals surface area contributed by atoms with Crippen LogP contribution in [0.5, 0.6) is 0 Å². The van der Waals surface area contributed by atoms with Gasteiger partial charge < -0.3 is 24.8 Å². The molecular weight excluding hydrogens is 382 g/mol. The zero-order valence-electron chi connectivity index (χ0n) is 15.9. The molecule has 29 heavy (non-hydrogen) atoms. The second-order valence-electron chi connectivity index (χ2n) is 6.85. The van der Waals surface area contributed by atoms with Crippen molar-refractivity contribution in [3.05, 3.63) is 42.0 Å². The molecular formula is C19H22F2N6O2. The van der Waals surface area contributed by atoms with Gasteiger partial charge in [-0.1, -0.05) is 6.07 Å². The van der Waals surface area contributed by atoms with Gasteiger partial charge in [0.25, 0.3) is 0 Å². The highest BCUT2D eigenvalue weighted by atomic mass is 19.1. The van der Waals surface area contributed by atoms with Crippen LogP contribution in [0.2, 0.25) is 0 Å². The Kier molecular flexibility index (Phi) is 5.70. The van der Waals surface area contributed by atoms with Gasteiger partial charge in [-0.3, -0.25) is 0 Å². The smallest absolute Gasteiger partial charge is 0.322 e. The van der Waals surface area contributed by atoms with E-state index in [0.717, 1.165) is 36.9 Å². The standard InChI is InChI=1S/C19H22F2N6O2/c20-14-2-1-3-15(21)18(14)22-19(28)27-8-6-25(7-9-27)16-4-5-17(24-23-16)26-10-12-29-13-11-26/h1-5H,6-13H2,(H,22,28). The normalized spacial score (nSPS) is 17.4. The number of benzene rings is 1. The molecule has 1 N–H and O–H groups in total. The van der Waals surface area contributed by atoms with Crippen molar-refractivity contribution >= 4 is 23.4 Å². The zero-order valence-corrected chi connectivity index (χ0v) is 15.9. The number of aromatic nitrogens is 2. The molecule has 1 aromatic carbocycles. The van der Waals surface area contributed by atoms with Gasteiger partial charge in [0.05, 0.1) is 13.2 Å². The van der Waals surface area contributed by atoms with E-state index in [0.29, 0.717) is 39.4 Å². The van der Waals surface area contributed by atoms with E-state index in [2.05, 4.69) is 20.4 Å². The molecule has 0 radical (unpaired) electrons. The van der Waals surface area contributed by atoms with Gasteiger partial charge in [0.1, 0.15) is 17.3 Å². The van der Waals surface area contributed by atoms with Gasteiger partial charge in [0.15, 0.2) is 11.6 Å². The number of ether oxygens (including phenoxy) is 1. The van der Waals surface area contributed by atoms with Gasteiger partial charge in [-0.25, -0.2) is 13.6 Å². The zero-order chi connectivity index (χ0) is 20.2. The molecule has 2 fully saturated rings. The number of anilines is 3. The maximum Gasteiger partial charge on any atom is 0.322 e. The van der Waals surface area contributed by atoms with Crippen LogP contribution < -0.4 is 15.1 Å². The highest BCUT2D eigenvalue weighted by Gasteiger charge is 2.24. The summed E-state index contributed by atoms with van der Waals surface area (Å²) in [5.41, 5.74) is -0.426. The number of amides is 2. The first-order chi connectivity index (χ1) is 14.1. The number of carbonyl (C=O) groups is 1. The van der Waals surface area contributed by atoms with E-state index in [1.807, 2.05) is 17.0 Å². The number of hydrogen-bond acceptors (Lipinski definition) is 6. The van der Waals surface area contributed by atoms with Gasteiger partial charge in [-0.2, -0.15) is 0 Å². The molecule has 2 saturated heterocycles. The van der Waals surface area contributed by atoms with Crippen molar-refractivity contribution in [3.63, 3.8) is 0 Å². The van der Waals surface area contributed by atoms with Crippen molar-refractivity contribution in [1.82, 2.24) is 15.1 Å². The Morgan fingerprint density at radius 3 is 1.97 bits per heavy atom. The van der Waals surface area contributed by atoms with Crippen LogP contribution in [0.3, 0.4) is 0 Å². The third-order valence-corrected chi connectivity index (χ3v) is 5.06. The third kappa shape index (κ3) is 4.37. The molecule has 154 valence electrons. The fourth-order valence-electron chi connectivity index (χ4n) is 3.39. The van der Waals surface area contributed by atoms with Crippen LogP contribution in [0, 0.1) is 11.6 Å². The molecule has 8 nitrogen and oxygen atoms in total. The van der Waals surface area contributed by atoms with Crippen LogP contribution in [0.25, 0.3) is 0 Å². The van der Waals surface area contributed by atoms with E-state index in [9.17, 15) is 13.6 Å². The highest BCUT2D eigenvalue weighted by Crippen LogP contribution is 2.20. The molecule has 3 heterocycles. The average molecular weight is 404 g/mol. The summed E-state index contributed by atoms with van der Waals surface area (Å²) < 4.78 is 32.8. The molecule has 2 aliphatic heterocycles. The van der Waals surface area contributed by atoms with Crippen molar-refractivity contribution in [3.8, 4) is 0 Å². The summed E-state index contributed by atoms with van der Waals surface area (Å²) in [4.78, 5) is 18.0. The van der Waals surface area contributed by atoms with Gasteiger partial charge in [-0.05, 0) is 24.3 Å². The Morgan fingerprint density at radius 2 is 1.41 bits per heavy atom. The molecule has 0 atom stereocenters. The van der Waals surface area contributed by atoms with Crippen LogP contribution in [0.1, 0.15) is 0 Å². The predicted molar refractivity (Wildman–Crippen MR) is 104 cm³/mol. The maximum absolute atomic E-state index is 13.7. The quantitative estimate of drug-likeness (QED) is 0.843. The number of piperazine rings is 1. The molecule has 2 aliphatic rings. The van der Waals surface area contributed by atoms with E-state index < -0.39 is 23.4 Å². The number of carbonyl (C=O) groups excluding carboxylic acids is 1. The minimum absolute atomic E-state index is 0.412. The Labute approximate surface area is 167 Å². The Bertz CT molecular complexity index is 832. The molecule has 2 aromatic rings. The monoisotopic (exact) mass is 404 g/mol. The molecule has 0 bridgehead atoms. The number of hydrogen-bond donors (Lipinski definition) is 1. The second-order valence-corrected chi connectivity index (χ2v) is 6.85. The molecule has 0 aliphatic carbocycles. The minimum atomic E-state index is -0.799. The summed E-state index contributed by atoms with van der Waals surface area (Å²) in [6, 6.07) is 6.80. The van der Waals surface area contributed by atoms with E-state index in [1.165, 1.54) is 11.0 Å². The van der Waals surface area contributed by atoms with Crippen molar-refractivity contribution < 1.29 is 18.3 Å². The number of halogens is 2. The van der Waals surface area contributed by atoms with Crippen molar-refractivity contribution in [2.24, 2.45) is 0 Å². The van der Waals surface area contributed by atoms with Crippen molar-refractivity contribution in [2.45, 2.75) is 0 Å². The topological polar surface area (TPSA) is 73.8 Å². The van der Waals surface area contributed by atoms with E-state index >= 15 is 0 Å². The first-order valence-electron chi connectivity index (χ1n) is 9.53. The Balaban J connectivity index is 1.32. The second kappa shape index (κ2) is 8.56. The van der Waals surface area contributed by atoms with Crippen LogP contribution in [0.15, 0.2) is 30.3 Å². The van der Waals surface area contributed by atoms with Crippen molar-refractivity contribution in [1.29, 1.82) is 0 Å². The largest absolute Gasteiger partial charge is 0.378 e. The fraction of sp³-hybridized carbons (Fsp3) is 0.421. The van der Waals surface area contributed by atoms with Crippen LogP contribution in [-0.2, 0) is 4.74 Å². The van der Waals surface area contributed by atoms with Crippen LogP contribution >= 0.6 is 0 Å². The molecule has 0 spiro atoms. The molecule has 1 aromatic heterocycles. The summed E-state index contributed by atoms with van der Waals surface area (Å²) in [7, 11) is 0. The molecule has 4 rings (SSSR count). The number of nitrogens with zero attached hydrogens (tertiary/aromatic N) is 5. The average Bonchev–Trinajstić information content (AvgIpc) is 2.77. The summed E-state index contributed by atoms with van der Waals surface area (Å²) in [5, 5.41) is 10.9. The Hall–Kier alpha value is -3.01. The van der Waals surface area contributed by atoms with Gasteiger partial charge in [0.2, 0.25) is 0 Å². The van der Waals surface area contributed by atoms with Gasteiger partial charge >= 0.3 is 6.03 Å². The third-order valence-electron chi connectivity index (χ3n) is 5.06. The van der Waals surface area contributed by atoms with E-state index in [-0.39, 0.29) is 0 Å². The molecule has 0 unspecified atom stereocenters. The van der Waals surface area contributed by atoms with Gasteiger partial charge in [0, 0.05) is 39.3 Å². The predicted octanol–water partition coefficient (Wildman–Crippen LogP) is 1.95. The lowest BCUT2D eigenvalue weighted by Crippen LogP contribution is -2.50. The van der Waals surface area contributed by atoms with Crippen molar-refractivity contribution in [2.75, 3.05) is 67.6 Å². The van der Waals surface area contributed by atoms with E-state index in [1.54, 1.807) is 0 Å². The minimum Gasteiger partial charge on any atom is -0.378 e. The van der Waals surface area contributed by atoms with Gasteiger partial charge in [-0.15, -0.1) is 10.2 Å². The first-order valence-corrected chi connectivity index (χ1v) is 9.53. The fourth-order valence-corrected chi connectivity index (χ4v) is 3.39. The summed E-state index contributed by atoms with van der Waals surface area (Å²) in [6.45, 7) is 4.89. The SMILES string of the molecule is O=C(Nc1c(F)cccc1F)N1CCN(c2ccc(N3CCOCC3)nn2)CC1. The Morgan fingerprint density at radius 1 is 0.862 bits per heavy atom. The summed E-state index contributed by atoms with van der Waals surface area (Å²) in [5.74, 6) is -0.0376. The molecule has 2 amide bonds. The number of morpholine rings is 1. The highest BCUT2D eigenvalue weighted by molar-refractivity contribution is 5.89. The summed E-state index contributed by atoms with van der Waals surface area (Å²) in [6.07, 6.45) is 0. The van der Waals surface area contributed by atoms with E-state index in [4.69, 9.17) is 4.74 Å². The number of urea groups is 1. The van der Waals surface area contributed by atoms with Crippen LogP contribution in [0.4, 0.5) is 30.9 Å². The molecule has 10 heteroatoms. The lowest BCUT2D eigenvalue weighted by Gasteiger charge is -2.35. The van der Waals surface area contributed by atoms with Crippen LogP contribution in [-0.4, -0.2) is 73.6 Å². The lowest BCUT2D eigenvalue weighted by molar-refractivity contribution is 0.122. The number of para-hydroxylation sites is 1. The summed E-state index contributed by atoms with van der Waals surface area (Å²) >= 11 is 0. The molecule has 0 saturated carbocycles. The lowest BCUT2D eigenvalue weighted by atomic mass is 10.3. The maximum atomic E-state index is 13.7. The first kappa shape index (κ1) is 19.3. The number of rotatable bonds is 3. The number of nitrogens with one attached hydrogen (secondary N) is 1.